The molecule has 1 aromatic rings. The molecule has 0 aromatic carbocycles. The lowest BCUT2D eigenvalue weighted by molar-refractivity contribution is 0.418. The molecule has 0 amide bonds. The van der Waals surface area contributed by atoms with Crippen molar-refractivity contribution in [2.75, 3.05) is 11.9 Å². The topological polar surface area (TPSA) is 63.8 Å². The Balaban J connectivity index is 2.56. The normalized spacial score (nSPS) is 11.5. The van der Waals surface area contributed by atoms with Crippen molar-refractivity contribution in [1.82, 2.24) is 9.97 Å². The van der Waals surface area contributed by atoms with Crippen LogP contribution in [0.5, 0.6) is 0 Å². The minimum Gasteiger partial charge on any atom is -0.368 e. The van der Waals surface area contributed by atoms with Gasteiger partial charge in [-0.25, -0.2) is 9.97 Å². The van der Waals surface area contributed by atoms with Crippen molar-refractivity contribution < 1.29 is 0 Å². The maximum absolute atomic E-state index is 6.18. The van der Waals surface area contributed by atoms with Gasteiger partial charge < -0.3 is 11.1 Å². The molecular formula is C11H20N4. The number of hydrogen-bond acceptors (Lipinski definition) is 4. The van der Waals surface area contributed by atoms with Gasteiger partial charge in [-0.3, -0.25) is 0 Å². The van der Waals surface area contributed by atoms with Gasteiger partial charge in [-0.15, -0.1) is 0 Å². The second kappa shape index (κ2) is 5.07. The van der Waals surface area contributed by atoms with Crippen molar-refractivity contribution in [2.45, 2.75) is 39.2 Å². The third-order valence-corrected chi connectivity index (χ3v) is 2.83. The second-order valence-electron chi connectivity index (χ2n) is 3.97. The van der Waals surface area contributed by atoms with E-state index in [1.54, 1.807) is 6.33 Å². The van der Waals surface area contributed by atoms with E-state index in [-0.39, 0.29) is 5.54 Å². The minimum atomic E-state index is -0.140. The van der Waals surface area contributed by atoms with E-state index < -0.39 is 0 Å². The summed E-state index contributed by atoms with van der Waals surface area (Å²) in [5.41, 5.74) is 7.00. The molecule has 84 valence electrons. The maximum atomic E-state index is 6.18. The fraction of sp³-hybridized carbons (Fsp3) is 0.636. The number of nitrogens with two attached hydrogens (primary N) is 1. The summed E-state index contributed by atoms with van der Waals surface area (Å²) in [4.78, 5) is 8.18. The van der Waals surface area contributed by atoms with Gasteiger partial charge in [-0.05, 0) is 19.8 Å². The van der Waals surface area contributed by atoms with E-state index in [2.05, 4.69) is 29.1 Å². The third-order valence-electron chi connectivity index (χ3n) is 2.83. The van der Waals surface area contributed by atoms with Gasteiger partial charge in [0.2, 0.25) is 0 Å². The molecular weight excluding hydrogens is 188 g/mol. The van der Waals surface area contributed by atoms with Crippen LogP contribution in [0, 0.1) is 6.92 Å². The number of hydrogen-bond donors (Lipinski definition) is 2. The van der Waals surface area contributed by atoms with Gasteiger partial charge in [0.15, 0.2) is 0 Å². The predicted octanol–water partition coefficient (Wildman–Crippen LogP) is 1.71. The lowest BCUT2D eigenvalue weighted by Crippen LogP contribution is -2.45. The first-order chi connectivity index (χ1) is 7.09. The SMILES string of the molecule is CCC(N)(CC)CNc1cc(C)ncn1. The van der Waals surface area contributed by atoms with Gasteiger partial charge in [0.05, 0.1) is 0 Å². The Morgan fingerprint density at radius 3 is 2.53 bits per heavy atom. The van der Waals surface area contributed by atoms with Crippen molar-refractivity contribution in [1.29, 1.82) is 0 Å². The van der Waals surface area contributed by atoms with E-state index >= 15 is 0 Å². The lowest BCUT2D eigenvalue weighted by atomic mass is 9.94. The highest BCUT2D eigenvalue weighted by atomic mass is 15.0. The van der Waals surface area contributed by atoms with Crippen LogP contribution in [0.25, 0.3) is 0 Å². The number of nitrogens with zero attached hydrogens (tertiary/aromatic N) is 2. The molecule has 0 aliphatic carbocycles. The molecule has 4 heteroatoms. The molecule has 0 saturated heterocycles. The van der Waals surface area contributed by atoms with Crippen LogP contribution in [0.1, 0.15) is 32.4 Å². The Hall–Kier alpha value is -1.16. The van der Waals surface area contributed by atoms with Crippen LogP contribution >= 0.6 is 0 Å². The maximum Gasteiger partial charge on any atom is 0.129 e. The predicted molar refractivity (Wildman–Crippen MR) is 62.8 cm³/mol. The molecule has 1 rings (SSSR count). The number of rotatable bonds is 5. The molecule has 0 unspecified atom stereocenters. The highest BCUT2D eigenvalue weighted by molar-refractivity contribution is 5.34. The fourth-order valence-electron chi connectivity index (χ4n) is 1.32. The summed E-state index contributed by atoms with van der Waals surface area (Å²) in [6.45, 7) is 6.91. The molecule has 0 fully saturated rings. The van der Waals surface area contributed by atoms with Crippen molar-refractivity contribution in [3.63, 3.8) is 0 Å². The summed E-state index contributed by atoms with van der Waals surface area (Å²) in [5.74, 6) is 0.847. The highest BCUT2D eigenvalue weighted by Gasteiger charge is 2.19. The van der Waals surface area contributed by atoms with Crippen molar-refractivity contribution in [2.24, 2.45) is 5.73 Å². The van der Waals surface area contributed by atoms with Gasteiger partial charge in [0.25, 0.3) is 0 Å². The zero-order chi connectivity index (χ0) is 11.3. The van der Waals surface area contributed by atoms with Crippen LogP contribution in [0.15, 0.2) is 12.4 Å². The van der Waals surface area contributed by atoms with Crippen LogP contribution in [0.3, 0.4) is 0 Å². The molecule has 0 spiro atoms. The molecule has 3 N–H and O–H groups in total. The third kappa shape index (κ3) is 3.47. The summed E-state index contributed by atoms with van der Waals surface area (Å²) in [6, 6.07) is 1.92. The average Bonchev–Trinajstić information content (AvgIpc) is 2.26. The zero-order valence-corrected chi connectivity index (χ0v) is 9.75. The Kier molecular flexibility index (Phi) is 4.03. The average molecular weight is 208 g/mol. The first kappa shape index (κ1) is 11.9. The van der Waals surface area contributed by atoms with E-state index in [4.69, 9.17) is 5.73 Å². The monoisotopic (exact) mass is 208 g/mol. The van der Waals surface area contributed by atoms with E-state index in [0.29, 0.717) is 0 Å². The quantitative estimate of drug-likeness (QED) is 0.773. The zero-order valence-electron chi connectivity index (χ0n) is 9.75. The summed E-state index contributed by atoms with van der Waals surface area (Å²) in [6.07, 6.45) is 3.48. The smallest absolute Gasteiger partial charge is 0.129 e. The molecule has 0 aliphatic rings. The van der Waals surface area contributed by atoms with Gasteiger partial charge >= 0.3 is 0 Å². The first-order valence-electron chi connectivity index (χ1n) is 5.41. The molecule has 0 saturated carbocycles. The highest BCUT2D eigenvalue weighted by Crippen LogP contribution is 2.12. The molecule has 4 nitrogen and oxygen atoms in total. The van der Waals surface area contributed by atoms with Crippen molar-refractivity contribution in [3.8, 4) is 0 Å². The minimum absolute atomic E-state index is 0.140. The van der Waals surface area contributed by atoms with Crippen molar-refractivity contribution >= 4 is 5.82 Å². The Bertz CT molecular complexity index is 307. The van der Waals surface area contributed by atoms with Crippen LogP contribution in [0.2, 0.25) is 0 Å². The molecule has 0 radical (unpaired) electrons. The van der Waals surface area contributed by atoms with Crippen LogP contribution in [0.4, 0.5) is 5.82 Å². The van der Waals surface area contributed by atoms with Gasteiger partial charge in [0.1, 0.15) is 12.1 Å². The largest absolute Gasteiger partial charge is 0.368 e. The Morgan fingerprint density at radius 1 is 1.33 bits per heavy atom. The van der Waals surface area contributed by atoms with Gasteiger partial charge in [0, 0.05) is 23.8 Å². The molecule has 0 bridgehead atoms. The second-order valence-corrected chi connectivity index (χ2v) is 3.97. The standard InChI is InChI=1S/C11H20N4/c1-4-11(12,5-2)7-13-10-6-9(3)14-8-15-10/h6,8H,4-5,7,12H2,1-3H3,(H,13,14,15). The number of nitrogens with one attached hydrogen (secondary N) is 1. The summed E-state index contributed by atoms with van der Waals surface area (Å²) in [7, 11) is 0. The summed E-state index contributed by atoms with van der Waals surface area (Å²) < 4.78 is 0. The number of aromatic nitrogens is 2. The molecule has 1 heterocycles. The Morgan fingerprint density at radius 2 is 2.00 bits per heavy atom. The van der Waals surface area contributed by atoms with E-state index in [1.807, 2.05) is 13.0 Å². The van der Waals surface area contributed by atoms with E-state index in [9.17, 15) is 0 Å². The lowest BCUT2D eigenvalue weighted by Gasteiger charge is -2.27. The molecule has 0 aliphatic heterocycles. The van der Waals surface area contributed by atoms with E-state index in [1.165, 1.54) is 0 Å². The molecule has 1 aromatic heterocycles. The van der Waals surface area contributed by atoms with Crippen LogP contribution in [-0.2, 0) is 0 Å². The van der Waals surface area contributed by atoms with Crippen LogP contribution < -0.4 is 11.1 Å². The summed E-state index contributed by atoms with van der Waals surface area (Å²) >= 11 is 0. The summed E-state index contributed by atoms with van der Waals surface area (Å²) in [5, 5.41) is 3.25. The molecule has 15 heavy (non-hydrogen) atoms. The number of anilines is 1. The van der Waals surface area contributed by atoms with Crippen molar-refractivity contribution in [3.05, 3.63) is 18.1 Å². The number of aryl methyl sites for hydroxylation is 1. The van der Waals surface area contributed by atoms with E-state index in [0.717, 1.165) is 30.9 Å². The van der Waals surface area contributed by atoms with Gasteiger partial charge in [-0.1, -0.05) is 13.8 Å². The first-order valence-corrected chi connectivity index (χ1v) is 5.41. The van der Waals surface area contributed by atoms with Gasteiger partial charge in [-0.2, -0.15) is 0 Å². The fourth-order valence-corrected chi connectivity index (χ4v) is 1.32. The molecule has 0 atom stereocenters. The van der Waals surface area contributed by atoms with Crippen LogP contribution in [-0.4, -0.2) is 22.1 Å². The Labute approximate surface area is 91.3 Å².